The van der Waals surface area contributed by atoms with E-state index < -0.39 is 17.7 Å². The fourth-order valence-corrected chi connectivity index (χ4v) is 2.71. The van der Waals surface area contributed by atoms with Gasteiger partial charge in [0.1, 0.15) is 11.8 Å². The van der Waals surface area contributed by atoms with Gasteiger partial charge in [0, 0.05) is 17.8 Å². The number of carbonyl (C=O) groups is 1. The molecule has 0 saturated carbocycles. The van der Waals surface area contributed by atoms with E-state index in [1.165, 1.54) is 6.07 Å². The van der Waals surface area contributed by atoms with Gasteiger partial charge in [-0.2, -0.15) is 0 Å². The Bertz CT molecular complexity index is 752. The number of hydrogen-bond donors (Lipinski definition) is 3. The van der Waals surface area contributed by atoms with Crippen molar-refractivity contribution < 1.29 is 18.3 Å². The second-order valence-electron chi connectivity index (χ2n) is 5.75. The second kappa shape index (κ2) is 7.58. The van der Waals surface area contributed by atoms with Crippen LogP contribution in [0, 0.1) is 11.6 Å². The first-order valence-corrected chi connectivity index (χ1v) is 8.06. The third kappa shape index (κ3) is 4.12. The van der Waals surface area contributed by atoms with Gasteiger partial charge in [0.15, 0.2) is 11.6 Å². The van der Waals surface area contributed by atoms with Crippen LogP contribution in [0.3, 0.4) is 0 Å². The van der Waals surface area contributed by atoms with Crippen molar-refractivity contribution in [3.63, 3.8) is 0 Å². The summed E-state index contributed by atoms with van der Waals surface area (Å²) in [5, 5.41) is 2.58. The van der Waals surface area contributed by atoms with Crippen LogP contribution in [0.5, 0.6) is 5.75 Å². The summed E-state index contributed by atoms with van der Waals surface area (Å²) >= 11 is 0. The summed E-state index contributed by atoms with van der Waals surface area (Å²) in [5.74, 6) is -1.46. The molecule has 0 spiro atoms. The quantitative estimate of drug-likeness (QED) is 0.778. The van der Waals surface area contributed by atoms with Gasteiger partial charge in [-0.05, 0) is 43.2 Å². The van der Waals surface area contributed by atoms with E-state index in [2.05, 4.69) is 16.2 Å². The number of hydrazine groups is 1. The van der Waals surface area contributed by atoms with E-state index in [1.54, 1.807) is 0 Å². The van der Waals surface area contributed by atoms with Crippen LogP contribution in [0.15, 0.2) is 42.5 Å². The van der Waals surface area contributed by atoms with Gasteiger partial charge in [0.25, 0.3) is 0 Å². The first-order chi connectivity index (χ1) is 12.1. The molecule has 132 valence electrons. The number of hydrogen-bond acceptors (Lipinski definition) is 4. The van der Waals surface area contributed by atoms with Crippen molar-refractivity contribution in [1.29, 1.82) is 0 Å². The van der Waals surface area contributed by atoms with E-state index in [9.17, 15) is 13.6 Å². The highest BCUT2D eigenvalue weighted by atomic mass is 19.2. The fraction of sp³-hybridized carbons (Fsp3) is 0.278. The highest BCUT2D eigenvalue weighted by molar-refractivity contribution is 5.95. The molecule has 0 bridgehead atoms. The molecule has 0 aromatic heterocycles. The van der Waals surface area contributed by atoms with E-state index in [-0.39, 0.29) is 17.6 Å². The molecule has 2 atom stereocenters. The fourth-order valence-electron chi connectivity index (χ4n) is 2.71. The topological polar surface area (TPSA) is 62.4 Å². The summed E-state index contributed by atoms with van der Waals surface area (Å²) in [5.41, 5.74) is 7.25. The molecule has 3 rings (SSSR count). The van der Waals surface area contributed by atoms with Gasteiger partial charge in [-0.25, -0.2) is 19.6 Å². The number of anilines is 1. The maximum Gasteiger partial charge on any atom is 0.242 e. The zero-order valence-electron chi connectivity index (χ0n) is 13.7. The molecule has 0 radical (unpaired) electrons. The second-order valence-corrected chi connectivity index (χ2v) is 5.75. The normalized spacial score (nSPS) is 19.6. The van der Waals surface area contributed by atoms with Crippen LogP contribution in [0.1, 0.15) is 24.9 Å². The largest absolute Gasteiger partial charge is 0.494 e. The number of carbonyl (C=O) groups excluding carboxylic acids is 1. The first-order valence-electron chi connectivity index (χ1n) is 8.06. The van der Waals surface area contributed by atoms with E-state index >= 15 is 0 Å². The number of amides is 1. The molecule has 1 aliphatic rings. The van der Waals surface area contributed by atoms with Crippen molar-refractivity contribution in [2.24, 2.45) is 0 Å². The summed E-state index contributed by atoms with van der Waals surface area (Å²) in [6.45, 7) is 2.53. The number of nitrogens with one attached hydrogen (secondary N) is 3. The zero-order valence-corrected chi connectivity index (χ0v) is 13.7. The molecule has 1 heterocycles. The minimum absolute atomic E-state index is 0.0311. The third-order valence-corrected chi connectivity index (χ3v) is 4.00. The van der Waals surface area contributed by atoms with Crippen LogP contribution >= 0.6 is 0 Å². The Balaban J connectivity index is 1.59. The molecular weight excluding hydrogens is 328 g/mol. The van der Waals surface area contributed by atoms with Crippen molar-refractivity contribution in [2.45, 2.75) is 25.4 Å². The molecule has 1 saturated heterocycles. The van der Waals surface area contributed by atoms with Crippen molar-refractivity contribution in [2.75, 3.05) is 11.9 Å². The SMILES string of the molecule is CCOc1ccc(C2CC(C(=O)Nc3ccc(F)c(F)c3)NN2)cc1. The lowest BCUT2D eigenvalue weighted by Crippen LogP contribution is -2.39. The summed E-state index contributed by atoms with van der Waals surface area (Å²) < 4.78 is 31.6. The predicted molar refractivity (Wildman–Crippen MR) is 90.0 cm³/mol. The predicted octanol–water partition coefficient (Wildman–Crippen LogP) is 2.91. The van der Waals surface area contributed by atoms with Crippen molar-refractivity contribution in [3.8, 4) is 5.75 Å². The number of halogens is 2. The van der Waals surface area contributed by atoms with Crippen LogP contribution in [-0.2, 0) is 4.79 Å². The molecule has 2 unspecified atom stereocenters. The van der Waals surface area contributed by atoms with Crippen molar-refractivity contribution >= 4 is 11.6 Å². The van der Waals surface area contributed by atoms with Gasteiger partial charge in [-0.1, -0.05) is 12.1 Å². The summed E-state index contributed by atoms with van der Waals surface area (Å²) in [6, 6.07) is 10.4. The summed E-state index contributed by atoms with van der Waals surface area (Å²) in [6.07, 6.45) is 0.531. The van der Waals surface area contributed by atoms with Gasteiger partial charge in [-0.3, -0.25) is 4.79 Å². The maximum atomic E-state index is 13.2. The molecule has 3 N–H and O–H groups in total. The molecule has 2 aromatic carbocycles. The van der Waals surface area contributed by atoms with Crippen LogP contribution in [-0.4, -0.2) is 18.6 Å². The van der Waals surface area contributed by atoms with Gasteiger partial charge < -0.3 is 10.1 Å². The van der Waals surface area contributed by atoms with Gasteiger partial charge in [0.05, 0.1) is 6.61 Å². The Kier molecular flexibility index (Phi) is 5.25. The average molecular weight is 347 g/mol. The monoisotopic (exact) mass is 347 g/mol. The molecular formula is C18H19F2N3O2. The van der Waals surface area contributed by atoms with E-state index in [4.69, 9.17) is 4.74 Å². The lowest BCUT2D eigenvalue weighted by molar-refractivity contribution is -0.117. The third-order valence-electron chi connectivity index (χ3n) is 4.00. The van der Waals surface area contributed by atoms with E-state index in [0.29, 0.717) is 13.0 Å². The first kappa shape index (κ1) is 17.3. The van der Waals surface area contributed by atoms with Crippen molar-refractivity contribution in [3.05, 3.63) is 59.7 Å². The van der Waals surface area contributed by atoms with E-state index in [0.717, 1.165) is 23.4 Å². The molecule has 1 fully saturated rings. The van der Waals surface area contributed by atoms with Crippen molar-refractivity contribution in [1.82, 2.24) is 10.9 Å². The molecule has 5 nitrogen and oxygen atoms in total. The van der Waals surface area contributed by atoms with Gasteiger partial charge >= 0.3 is 0 Å². The maximum absolute atomic E-state index is 13.2. The highest BCUT2D eigenvalue weighted by Crippen LogP contribution is 2.25. The molecule has 25 heavy (non-hydrogen) atoms. The minimum atomic E-state index is -0.998. The molecule has 7 heteroatoms. The Morgan fingerprint density at radius 2 is 1.92 bits per heavy atom. The van der Waals surface area contributed by atoms with E-state index in [1.807, 2.05) is 31.2 Å². The number of ether oxygens (including phenoxy) is 1. The van der Waals surface area contributed by atoms with Crippen LogP contribution in [0.4, 0.5) is 14.5 Å². The van der Waals surface area contributed by atoms with Crippen LogP contribution in [0.25, 0.3) is 0 Å². The molecule has 0 aliphatic carbocycles. The molecule has 1 amide bonds. The summed E-state index contributed by atoms with van der Waals surface area (Å²) in [7, 11) is 0. The Labute approximate surface area is 144 Å². The number of benzene rings is 2. The Hall–Kier alpha value is -2.51. The van der Waals surface area contributed by atoms with Gasteiger partial charge in [0.2, 0.25) is 5.91 Å². The zero-order chi connectivity index (χ0) is 17.8. The molecule has 1 aliphatic heterocycles. The average Bonchev–Trinajstić information content (AvgIpc) is 3.09. The van der Waals surface area contributed by atoms with Gasteiger partial charge in [-0.15, -0.1) is 0 Å². The highest BCUT2D eigenvalue weighted by Gasteiger charge is 2.30. The Morgan fingerprint density at radius 3 is 2.60 bits per heavy atom. The minimum Gasteiger partial charge on any atom is -0.494 e. The molecule has 2 aromatic rings. The lowest BCUT2D eigenvalue weighted by atomic mass is 10.0. The smallest absolute Gasteiger partial charge is 0.242 e. The number of rotatable bonds is 5. The van der Waals surface area contributed by atoms with Crippen LogP contribution < -0.4 is 20.9 Å². The Morgan fingerprint density at radius 1 is 1.16 bits per heavy atom. The lowest BCUT2D eigenvalue weighted by Gasteiger charge is -2.11. The standard InChI is InChI=1S/C18H19F2N3O2/c1-2-25-13-6-3-11(4-7-13)16-10-17(23-22-16)18(24)21-12-5-8-14(19)15(20)9-12/h3-9,16-17,22-23H,2,10H2,1H3,(H,21,24). The summed E-state index contributed by atoms with van der Waals surface area (Å²) in [4.78, 5) is 12.3. The van der Waals surface area contributed by atoms with Crippen LogP contribution in [0.2, 0.25) is 0 Å².